The lowest BCUT2D eigenvalue weighted by atomic mass is 10.0. The molecule has 2 amide bonds. The molecule has 1 saturated heterocycles. The molecular formula is C19H20N6O3. The van der Waals surface area contributed by atoms with Crippen molar-refractivity contribution in [3.8, 4) is 17.3 Å². The molecule has 0 aliphatic carbocycles. The fourth-order valence-corrected chi connectivity index (χ4v) is 2.94. The molecule has 9 nitrogen and oxygen atoms in total. The number of urea groups is 1. The number of nitrogens with zero attached hydrogens (tertiary/aromatic N) is 5. The molecule has 0 spiro atoms. The van der Waals surface area contributed by atoms with Crippen LogP contribution in [0.1, 0.15) is 17.4 Å². The first-order valence-electron chi connectivity index (χ1n) is 8.98. The summed E-state index contributed by atoms with van der Waals surface area (Å²) in [4.78, 5) is 26.5. The van der Waals surface area contributed by atoms with Crippen molar-refractivity contribution in [3.05, 3.63) is 54.3 Å². The summed E-state index contributed by atoms with van der Waals surface area (Å²) in [6, 6.07) is 7.73. The maximum Gasteiger partial charge on any atom is 0.317 e. The number of amides is 2. The number of carbonyl (C=O) groups excluding carboxylic acids is 1. The molecule has 0 atom stereocenters. The van der Waals surface area contributed by atoms with Crippen LogP contribution in [0.15, 0.2) is 47.4 Å². The van der Waals surface area contributed by atoms with Crippen molar-refractivity contribution in [2.75, 3.05) is 26.7 Å². The molecule has 144 valence electrons. The quantitative estimate of drug-likeness (QED) is 0.696. The van der Waals surface area contributed by atoms with E-state index in [0.29, 0.717) is 37.0 Å². The normalized spacial score (nSPS) is 13.8. The van der Waals surface area contributed by atoms with Crippen LogP contribution in [0.2, 0.25) is 0 Å². The molecule has 2 aromatic heterocycles. The second kappa shape index (κ2) is 8.03. The number of likely N-dealkylation sites (tertiary alicyclic amines) is 1. The average Bonchev–Trinajstić information content (AvgIpc) is 3.18. The van der Waals surface area contributed by atoms with Crippen LogP contribution in [0.4, 0.5) is 4.79 Å². The minimum absolute atomic E-state index is 0.0465. The van der Waals surface area contributed by atoms with E-state index in [9.17, 15) is 4.79 Å². The molecule has 0 unspecified atom stereocenters. The van der Waals surface area contributed by atoms with Crippen molar-refractivity contribution in [1.29, 1.82) is 0 Å². The van der Waals surface area contributed by atoms with Gasteiger partial charge >= 0.3 is 6.03 Å². The zero-order chi connectivity index (χ0) is 19.3. The average molecular weight is 380 g/mol. The van der Waals surface area contributed by atoms with E-state index in [-0.39, 0.29) is 11.9 Å². The van der Waals surface area contributed by atoms with Crippen molar-refractivity contribution < 1.29 is 14.1 Å². The highest BCUT2D eigenvalue weighted by atomic mass is 16.5. The Hall–Kier alpha value is -3.49. The summed E-state index contributed by atoms with van der Waals surface area (Å²) in [5, 5.41) is 6.87. The summed E-state index contributed by atoms with van der Waals surface area (Å²) in [6.07, 6.45) is 5.50. The van der Waals surface area contributed by atoms with Gasteiger partial charge in [-0.3, -0.25) is 4.98 Å². The summed E-state index contributed by atoms with van der Waals surface area (Å²) in [7, 11) is 1.64. The SMILES string of the molecule is COc1ccc(CCNC(=O)N2CC(c3nc(-c4cnccn4)no3)C2)cc1. The van der Waals surface area contributed by atoms with Crippen molar-refractivity contribution >= 4 is 6.03 Å². The molecule has 0 bridgehead atoms. The molecule has 0 saturated carbocycles. The molecule has 1 aliphatic rings. The van der Waals surface area contributed by atoms with E-state index in [1.807, 2.05) is 24.3 Å². The largest absolute Gasteiger partial charge is 0.497 e. The molecule has 28 heavy (non-hydrogen) atoms. The van der Waals surface area contributed by atoms with Gasteiger partial charge in [-0.25, -0.2) is 9.78 Å². The van der Waals surface area contributed by atoms with Gasteiger partial charge in [0.15, 0.2) is 0 Å². The van der Waals surface area contributed by atoms with E-state index in [1.54, 1.807) is 30.6 Å². The van der Waals surface area contributed by atoms with E-state index in [2.05, 4.69) is 25.4 Å². The van der Waals surface area contributed by atoms with E-state index >= 15 is 0 Å². The summed E-state index contributed by atoms with van der Waals surface area (Å²) >= 11 is 0. The molecule has 1 N–H and O–H groups in total. The lowest BCUT2D eigenvalue weighted by Gasteiger charge is -2.36. The van der Waals surface area contributed by atoms with Gasteiger partial charge in [-0.1, -0.05) is 17.3 Å². The number of hydrogen-bond donors (Lipinski definition) is 1. The smallest absolute Gasteiger partial charge is 0.317 e. The van der Waals surface area contributed by atoms with Crippen molar-refractivity contribution in [2.24, 2.45) is 0 Å². The Morgan fingerprint density at radius 3 is 2.82 bits per heavy atom. The van der Waals surface area contributed by atoms with Crippen LogP contribution in [0.5, 0.6) is 5.75 Å². The van der Waals surface area contributed by atoms with Crippen LogP contribution < -0.4 is 10.1 Å². The zero-order valence-electron chi connectivity index (χ0n) is 15.4. The summed E-state index contributed by atoms with van der Waals surface area (Å²) < 4.78 is 10.4. The van der Waals surface area contributed by atoms with Crippen LogP contribution >= 0.6 is 0 Å². The van der Waals surface area contributed by atoms with Gasteiger partial charge in [-0.15, -0.1) is 0 Å². The fourth-order valence-electron chi connectivity index (χ4n) is 2.94. The summed E-state index contributed by atoms with van der Waals surface area (Å²) in [5.41, 5.74) is 1.70. The van der Waals surface area contributed by atoms with E-state index < -0.39 is 0 Å². The highest BCUT2D eigenvalue weighted by molar-refractivity contribution is 5.75. The first kappa shape index (κ1) is 17.9. The molecule has 1 fully saturated rings. The predicted octanol–water partition coefficient (Wildman–Crippen LogP) is 1.89. The van der Waals surface area contributed by atoms with Gasteiger partial charge in [0.2, 0.25) is 11.7 Å². The summed E-state index contributed by atoms with van der Waals surface area (Å²) in [5.74, 6) is 1.79. The Bertz CT molecular complexity index is 922. The Morgan fingerprint density at radius 1 is 1.29 bits per heavy atom. The Morgan fingerprint density at radius 2 is 2.11 bits per heavy atom. The first-order valence-corrected chi connectivity index (χ1v) is 8.98. The van der Waals surface area contributed by atoms with Gasteiger partial charge in [0.1, 0.15) is 11.4 Å². The third-order valence-corrected chi connectivity index (χ3v) is 4.60. The lowest BCUT2D eigenvalue weighted by Crippen LogP contribution is -2.52. The van der Waals surface area contributed by atoms with E-state index in [0.717, 1.165) is 17.7 Å². The highest BCUT2D eigenvalue weighted by Gasteiger charge is 2.35. The monoisotopic (exact) mass is 380 g/mol. The molecule has 1 aliphatic heterocycles. The predicted molar refractivity (Wildman–Crippen MR) is 99.7 cm³/mol. The number of rotatable bonds is 6. The van der Waals surface area contributed by atoms with Gasteiger partial charge in [-0.2, -0.15) is 4.98 Å². The third-order valence-electron chi connectivity index (χ3n) is 4.60. The first-order chi connectivity index (χ1) is 13.7. The standard InChI is InChI=1S/C19H20N6O3/c1-27-15-4-2-13(3-5-15)6-7-22-19(26)25-11-14(12-25)18-23-17(24-28-18)16-10-20-8-9-21-16/h2-5,8-10,14H,6-7,11-12H2,1H3,(H,22,26). The fraction of sp³-hybridized carbons (Fsp3) is 0.316. The molecule has 0 radical (unpaired) electrons. The number of nitrogens with one attached hydrogen (secondary N) is 1. The highest BCUT2D eigenvalue weighted by Crippen LogP contribution is 2.27. The van der Waals surface area contributed by atoms with Crippen molar-refractivity contribution in [2.45, 2.75) is 12.3 Å². The van der Waals surface area contributed by atoms with Crippen LogP contribution in [0, 0.1) is 0 Å². The number of benzene rings is 1. The van der Waals surface area contributed by atoms with Crippen molar-refractivity contribution in [3.63, 3.8) is 0 Å². The van der Waals surface area contributed by atoms with Gasteiger partial charge in [0.25, 0.3) is 0 Å². The van der Waals surface area contributed by atoms with E-state index in [1.165, 1.54) is 0 Å². The van der Waals surface area contributed by atoms with Gasteiger partial charge in [0, 0.05) is 32.0 Å². The molecule has 9 heteroatoms. The van der Waals surface area contributed by atoms with Gasteiger partial charge in [0.05, 0.1) is 19.2 Å². The zero-order valence-corrected chi connectivity index (χ0v) is 15.4. The van der Waals surface area contributed by atoms with Gasteiger partial charge in [-0.05, 0) is 24.1 Å². The maximum atomic E-state index is 12.2. The molecular weight excluding hydrogens is 360 g/mol. The minimum Gasteiger partial charge on any atom is -0.497 e. The van der Waals surface area contributed by atoms with Crippen LogP contribution in [0.25, 0.3) is 11.5 Å². The Kier molecular flexibility index (Phi) is 5.14. The summed E-state index contributed by atoms with van der Waals surface area (Å²) in [6.45, 7) is 1.68. The van der Waals surface area contributed by atoms with Gasteiger partial charge < -0.3 is 19.5 Å². The van der Waals surface area contributed by atoms with Crippen LogP contribution in [0.3, 0.4) is 0 Å². The van der Waals surface area contributed by atoms with Crippen molar-refractivity contribution in [1.82, 2.24) is 30.3 Å². The third kappa shape index (κ3) is 3.93. The van der Waals surface area contributed by atoms with E-state index in [4.69, 9.17) is 9.26 Å². The Balaban J connectivity index is 1.22. The second-order valence-corrected chi connectivity index (χ2v) is 6.48. The number of ether oxygens (including phenoxy) is 1. The minimum atomic E-state index is -0.0848. The number of hydrogen-bond acceptors (Lipinski definition) is 7. The Labute approximate surface area is 161 Å². The molecule has 1 aromatic carbocycles. The van der Waals surface area contributed by atoms with Crippen LogP contribution in [-0.2, 0) is 6.42 Å². The number of aromatic nitrogens is 4. The topological polar surface area (TPSA) is 106 Å². The van der Waals surface area contributed by atoms with Crippen LogP contribution in [-0.4, -0.2) is 57.8 Å². The molecule has 3 aromatic rings. The molecule has 3 heterocycles. The second-order valence-electron chi connectivity index (χ2n) is 6.48. The lowest BCUT2D eigenvalue weighted by molar-refractivity contribution is 0.137. The number of carbonyl (C=O) groups is 1. The molecule has 4 rings (SSSR count). The maximum absolute atomic E-state index is 12.2. The number of methoxy groups -OCH3 is 1.